The van der Waals surface area contributed by atoms with Gasteiger partial charge in [0.25, 0.3) is 0 Å². The summed E-state index contributed by atoms with van der Waals surface area (Å²) in [5.74, 6) is -0.638. The number of nitrogen functional groups attached to an aromatic ring is 1. The third-order valence-electron chi connectivity index (χ3n) is 10.9. The SMILES string of the molecule is COCCN1CC2CCC(C1)N2c1nc(OC)nc2c(F)c(-c3ncc(F)c4sc(N)c(C#N)c34)c3c(c12)COC3.FC1CC2CCCN2C1. The zero-order valence-electron chi connectivity index (χ0n) is 28.1. The summed E-state index contributed by atoms with van der Waals surface area (Å²) in [5, 5.41) is 10.8. The number of methoxy groups -OCH3 is 2. The van der Waals surface area contributed by atoms with Gasteiger partial charge < -0.3 is 24.8 Å². The Hall–Kier alpha value is -3.81. The highest BCUT2D eigenvalue weighted by atomic mass is 32.1. The lowest BCUT2D eigenvalue weighted by atomic mass is 9.93. The molecule has 4 unspecified atom stereocenters. The summed E-state index contributed by atoms with van der Waals surface area (Å²) in [6.45, 7) is 5.42. The van der Waals surface area contributed by atoms with E-state index in [9.17, 15) is 14.0 Å². The number of hydrogen-bond acceptors (Lipinski definition) is 12. The van der Waals surface area contributed by atoms with Gasteiger partial charge in [-0.1, -0.05) is 0 Å². The van der Waals surface area contributed by atoms with Crippen molar-refractivity contribution in [2.75, 3.05) is 64.2 Å². The summed E-state index contributed by atoms with van der Waals surface area (Å²) in [7, 11) is 3.16. The summed E-state index contributed by atoms with van der Waals surface area (Å²) >= 11 is 0.944. The van der Waals surface area contributed by atoms with Crippen LogP contribution in [0.15, 0.2) is 6.20 Å². The van der Waals surface area contributed by atoms with E-state index in [-0.39, 0.29) is 68.7 Å². The number of nitrogens with two attached hydrogens (primary N) is 1. The normalized spacial score (nSPS) is 24.4. The number of alkyl halides is 1. The molecule has 4 saturated heterocycles. The monoisotopic (exact) mass is 708 g/mol. The van der Waals surface area contributed by atoms with Gasteiger partial charge in [0, 0.05) is 62.4 Å². The van der Waals surface area contributed by atoms with Crippen molar-refractivity contribution in [3.63, 3.8) is 0 Å². The largest absolute Gasteiger partial charge is 0.467 e. The Labute approximate surface area is 291 Å². The number of aromatic nitrogens is 3. The third kappa shape index (κ3) is 5.52. The highest BCUT2D eigenvalue weighted by Gasteiger charge is 2.43. The number of nitrogens with zero attached hydrogens (tertiary/aromatic N) is 7. The number of halogens is 3. The predicted molar refractivity (Wildman–Crippen MR) is 184 cm³/mol. The second-order valence-corrected chi connectivity index (χ2v) is 14.7. The van der Waals surface area contributed by atoms with Crippen molar-refractivity contribution in [1.82, 2.24) is 24.8 Å². The van der Waals surface area contributed by atoms with Gasteiger partial charge in [0.05, 0.1) is 54.5 Å². The van der Waals surface area contributed by atoms with E-state index in [4.69, 9.17) is 24.9 Å². The number of anilines is 2. The van der Waals surface area contributed by atoms with Crippen LogP contribution in [-0.2, 0) is 22.7 Å². The van der Waals surface area contributed by atoms with E-state index in [1.807, 2.05) is 6.07 Å². The molecule has 5 aliphatic rings. The summed E-state index contributed by atoms with van der Waals surface area (Å²) in [4.78, 5) is 20.5. The fourth-order valence-electron chi connectivity index (χ4n) is 8.67. The Balaban J connectivity index is 0.000000346. The first-order chi connectivity index (χ1) is 24.3. The number of thiophene rings is 1. The lowest BCUT2D eigenvalue weighted by Crippen LogP contribution is -2.54. The van der Waals surface area contributed by atoms with Crippen LogP contribution in [0.4, 0.5) is 24.0 Å². The maximum Gasteiger partial charge on any atom is 0.318 e. The van der Waals surface area contributed by atoms with E-state index in [1.54, 1.807) is 7.11 Å². The second-order valence-electron chi connectivity index (χ2n) is 13.7. The molecule has 9 rings (SSSR count). The molecule has 0 saturated carbocycles. The van der Waals surface area contributed by atoms with Crippen LogP contribution < -0.4 is 15.4 Å². The van der Waals surface area contributed by atoms with E-state index in [2.05, 4.69) is 24.7 Å². The molecule has 2 bridgehead atoms. The Morgan fingerprint density at radius 3 is 2.56 bits per heavy atom. The number of pyridine rings is 1. The minimum Gasteiger partial charge on any atom is -0.467 e. The molecule has 1 aromatic carbocycles. The van der Waals surface area contributed by atoms with Gasteiger partial charge in [-0.2, -0.15) is 15.2 Å². The van der Waals surface area contributed by atoms with Crippen LogP contribution in [-0.4, -0.2) is 103 Å². The topological polar surface area (TPSA) is 126 Å². The number of piperazine rings is 1. The van der Waals surface area contributed by atoms with Gasteiger partial charge in [-0.25, -0.2) is 13.2 Å². The van der Waals surface area contributed by atoms with Crippen LogP contribution in [0, 0.1) is 23.0 Å². The summed E-state index contributed by atoms with van der Waals surface area (Å²) in [5.41, 5.74) is 7.82. The van der Waals surface area contributed by atoms with Crippen molar-refractivity contribution in [2.45, 2.75) is 69.6 Å². The third-order valence-corrected chi connectivity index (χ3v) is 11.9. The van der Waals surface area contributed by atoms with E-state index in [0.29, 0.717) is 36.0 Å². The molecular weight excluding hydrogens is 669 g/mol. The second kappa shape index (κ2) is 13.4. The maximum atomic E-state index is 16.9. The van der Waals surface area contributed by atoms with Crippen molar-refractivity contribution in [3.8, 4) is 23.3 Å². The van der Waals surface area contributed by atoms with Crippen molar-refractivity contribution in [2.24, 2.45) is 0 Å². The minimum absolute atomic E-state index is 0.0483. The molecule has 0 spiro atoms. The van der Waals surface area contributed by atoms with Gasteiger partial charge in [0.1, 0.15) is 28.6 Å². The molecule has 0 aliphatic carbocycles. The molecule has 4 aromatic rings. The Morgan fingerprint density at radius 1 is 1.06 bits per heavy atom. The molecule has 3 aromatic heterocycles. The van der Waals surface area contributed by atoms with Crippen molar-refractivity contribution in [1.29, 1.82) is 5.26 Å². The molecule has 5 aliphatic heterocycles. The van der Waals surface area contributed by atoms with Crippen molar-refractivity contribution in [3.05, 3.63) is 34.5 Å². The van der Waals surface area contributed by atoms with Crippen LogP contribution in [0.25, 0.3) is 32.2 Å². The van der Waals surface area contributed by atoms with Crippen LogP contribution in [0.2, 0.25) is 0 Å². The smallest absolute Gasteiger partial charge is 0.318 e. The van der Waals surface area contributed by atoms with Gasteiger partial charge >= 0.3 is 6.01 Å². The summed E-state index contributed by atoms with van der Waals surface area (Å²) in [6, 6.07) is 3.09. The maximum absolute atomic E-state index is 16.9. The summed E-state index contributed by atoms with van der Waals surface area (Å²) in [6.07, 6.45) is 5.84. The summed E-state index contributed by atoms with van der Waals surface area (Å²) < 4.78 is 61.1. The van der Waals surface area contributed by atoms with Gasteiger partial charge in [-0.3, -0.25) is 14.8 Å². The molecule has 2 N–H and O–H groups in total. The molecule has 15 heteroatoms. The molecule has 11 nitrogen and oxygen atoms in total. The number of nitriles is 1. The average molecular weight is 709 g/mol. The average Bonchev–Trinajstić information content (AvgIpc) is 3.94. The number of rotatable bonds is 6. The number of likely N-dealkylation sites (tertiary alicyclic amines) is 1. The van der Waals surface area contributed by atoms with Crippen LogP contribution >= 0.6 is 11.3 Å². The van der Waals surface area contributed by atoms with Gasteiger partial charge in [-0.15, -0.1) is 11.3 Å². The van der Waals surface area contributed by atoms with Crippen molar-refractivity contribution >= 4 is 43.1 Å². The highest BCUT2D eigenvalue weighted by molar-refractivity contribution is 7.23. The first kappa shape index (κ1) is 33.3. The number of ether oxygens (including phenoxy) is 3. The molecule has 4 fully saturated rings. The van der Waals surface area contributed by atoms with Gasteiger partial charge in [-0.05, 0) is 49.8 Å². The molecule has 264 valence electrons. The molecule has 0 amide bonds. The number of fused-ring (bicyclic) bond motifs is 7. The molecular formula is C35H39F3N8O3S. The zero-order chi connectivity index (χ0) is 34.7. The molecule has 0 radical (unpaired) electrons. The van der Waals surface area contributed by atoms with Crippen molar-refractivity contribution < 1.29 is 27.4 Å². The van der Waals surface area contributed by atoms with E-state index in [1.165, 1.54) is 20.0 Å². The fourth-order valence-corrected chi connectivity index (χ4v) is 9.59. The molecule has 50 heavy (non-hydrogen) atoms. The number of benzene rings is 1. The first-order valence-corrected chi connectivity index (χ1v) is 17.9. The molecule has 4 atom stereocenters. The Kier molecular flexibility index (Phi) is 8.93. The quantitative estimate of drug-likeness (QED) is 0.285. The first-order valence-electron chi connectivity index (χ1n) is 17.1. The standard InChI is InChI=1S/C28H27F2N7O3S.C7H12FN/c1-38-6-5-36-9-13-3-4-14(10-36)37(13)27-21-17-12-40-11-16(17)19(22(30)24(21)34-28(35-27)39-2)23-20-15(7-31)26(32)41-25(20)18(29)8-33-23;8-6-4-7-2-1-3-9(7)5-6/h8,13-14H,3-6,9-12,32H2,1-2H3;6-7H,1-5H2. The lowest BCUT2D eigenvalue weighted by molar-refractivity contribution is 0.132. The van der Waals surface area contributed by atoms with Crippen LogP contribution in [0.3, 0.4) is 0 Å². The van der Waals surface area contributed by atoms with E-state index < -0.39 is 17.8 Å². The highest BCUT2D eigenvalue weighted by Crippen LogP contribution is 2.48. The Morgan fingerprint density at radius 2 is 1.84 bits per heavy atom. The van der Waals surface area contributed by atoms with E-state index in [0.717, 1.165) is 68.5 Å². The van der Waals surface area contributed by atoms with Crippen LogP contribution in [0.5, 0.6) is 6.01 Å². The minimum atomic E-state index is -0.647. The molecule has 8 heterocycles. The zero-order valence-corrected chi connectivity index (χ0v) is 28.9. The fraction of sp³-hybridized carbons (Fsp3) is 0.543. The Bertz CT molecular complexity index is 1980. The number of hydrogen-bond donors (Lipinski definition) is 1. The van der Waals surface area contributed by atoms with Gasteiger partial charge in [0.2, 0.25) is 0 Å². The predicted octanol–water partition coefficient (Wildman–Crippen LogP) is 5.17. The van der Waals surface area contributed by atoms with Crippen LogP contribution in [0.1, 0.15) is 48.8 Å². The lowest BCUT2D eigenvalue weighted by Gasteiger charge is -2.42. The van der Waals surface area contributed by atoms with Gasteiger partial charge in [0.15, 0.2) is 11.6 Å². The van der Waals surface area contributed by atoms with E-state index >= 15 is 4.39 Å².